The second kappa shape index (κ2) is 4.48. The van der Waals surface area contributed by atoms with E-state index in [2.05, 4.69) is 10.8 Å². The number of aliphatic hydroxyl groups excluding tert-OH is 1. The number of rotatable bonds is 5. The van der Waals surface area contributed by atoms with Gasteiger partial charge < -0.3 is 5.11 Å². The Bertz CT molecular complexity index is 207. The van der Waals surface area contributed by atoms with Gasteiger partial charge in [0.2, 0.25) is 0 Å². The van der Waals surface area contributed by atoms with Crippen molar-refractivity contribution in [1.29, 1.82) is 0 Å². The van der Waals surface area contributed by atoms with Crippen LogP contribution in [0.25, 0.3) is 0 Å². The molecule has 0 aromatic heterocycles. The fraction of sp³-hybridized carbons (Fsp3) is 0.667. The normalized spacial score (nSPS) is 14.4. The predicted molar refractivity (Wildman–Crippen MR) is 41.4 cm³/mol. The smallest absolute Gasteiger partial charge is 0.273 e. The van der Waals surface area contributed by atoms with Crippen LogP contribution < -0.4 is 0 Å². The molecule has 0 aromatic carbocycles. The average molecular weight is 180 g/mol. The van der Waals surface area contributed by atoms with Crippen LogP contribution in [0.2, 0.25) is 0 Å². The highest BCUT2D eigenvalue weighted by molar-refractivity contribution is 7.86. The van der Waals surface area contributed by atoms with E-state index in [1.54, 1.807) is 6.92 Å². The van der Waals surface area contributed by atoms with Gasteiger partial charge in [-0.2, -0.15) is 8.42 Å². The van der Waals surface area contributed by atoms with Crippen molar-refractivity contribution in [2.24, 2.45) is 0 Å². The molecule has 1 atom stereocenters. The monoisotopic (exact) mass is 180 g/mol. The van der Waals surface area contributed by atoms with E-state index >= 15 is 0 Å². The Morgan fingerprint density at radius 2 is 2.27 bits per heavy atom. The van der Waals surface area contributed by atoms with Gasteiger partial charge in [0.15, 0.2) is 6.29 Å². The van der Waals surface area contributed by atoms with E-state index < -0.39 is 16.4 Å². The molecule has 0 bridgehead atoms. The Kier molecular flexibility index (Phi) is 4.32. The molecular weight excluding hydrogens is 168 g/mol. The molecule has 0 amide bonds. The third-order valence-corrected chi connectivity index (χ3v) is 2.09. The quantitative estimate of drug-likeness (QED) is 0.374. The summed E-state index contributed by atoms with van der Waals surface area (Å²) in [6.45, 7) is 4.86. The van der Waals surface area contributed by atoms with Crippen LogP contribution in [0.3, 0.4) is 0 Å². The molecule has 11 heavy (non-hydrogen) atoms. The van der Waals surface area contributed by atoms with Gasteiger partial charge in [0.1, 0.15) is 0 Å². The molecular formula is C6H12O4S. The van der Waals surface area contributed by atoms with E-state index in [9.17, 15) is 8.42 Å². The molecule has 0 spiro atoms. The van der Waals surface area contributed by atoms with Gasteiger partial charge in [0, 0.05) is 0 Å². The van der Waals surface area contributed by atoms with Gasteiger partial charge in [-0.3, -0.25) is 0 Å². The maximum absolute atomic E-state index is 10.7. The summed E-state index contributed by atoms with van der Waals surface area (Å²) in [5.41, 5.74) is 0. The first-order valence-electron chi connectivity index (χ1n) is 3.21. The molecule has 4 nitrogen and oxygen atoms in total. The van der Waals surface area contributed by atoms with Crippen LogP contribution >= 0.6 is 0 Å². The van der Waals surface area contributed by atoms with Gasteiger partial charge in [0.25, 0.3) is 10.1 Å². The van der Waals surface area contributed by atoms with E-state index in [1.807, 2.05) is 0 Å². The summed E-state index contributed by atoms with van der Waals surface area (Å²) in [7, 11) is -3.61. The Labute approximate surface area is 66.6 Å². The molecule has 0 aliphatic carbocycles. The van der Waals surface area contributed by atoms with Crippen molar-refractivity contribution in [3.05, 3.63) is 12.7 Å². The highest BCUT2D eigenvalue weighted by Gasteiger charge is 2.13. The van der Waals surface area contributed by atoms with Gasteiger partial charge in [-0.05, 0) is 6.42 Å². The van der Waals surface area contributed by atoms with E-state index in [1.165, 1.54) is 6.08 Å². The molecule has 0 heterocycles. The SMILES string of the molecule is C=CCS(=O)(=O)OC(O)CC. The summed E-state index contributed by atoms with van der Waals surface area (Å²) in [5.74, 6) is -0.274. The zero-order valence-corrected chi connectivity index (χ0v) is 7.17. The van der Waals surface area contributed by atoms with E-state index in [4.69, 9.17) is 5.11 Å². The first kappa shape index (κ1) is 10.6. The summed E-state index contributed by atoms with van der Waals surface area (Å²) in [6, 6.07) is 0. The van der Waals surface area contributed by atoms with Crippen LogP contribution in [0.1, 0.15) is 13.3 Å². The molecule has 0 saturated heterocycles. The Morgan fingerprint density at radius 3 is 2.64 bits per heavy atom. The van der Waals surface area contributed by atoms with Gasteiger partial charge in [-0.15, -0.1) is 6.58 Å². The van der Waals surface area contributed by atoms with Gasteiger partial charge >= 0.3 is 0 Å². The highest BCUT2D eigenvalue weighted by Crippen LogP contribution is 2.00. The van der Waals surface area contributed by atoms with Crippen LogP contribution in [-0.4, -0.2) is 25.6 Å². The van der Waals surface area contributed by atoms with Crippen molar-refractivity contribution in [2.75, 3.05) is 5.75 Å². The molecule has 66 valence electrons. The Balaban J connectivity index is 4.02. The molecule has 1 unspecified atom stereocenters. The molecule has 0 aliphatic rings. The molecule has 0 aromatic rings. The van der Waals surface area contributed by atoms with Crippen LogP contribution in [0.5, 0.6) is 0 Å². The summed E-state index contributed by atoms with van der Waals surface area (Å²) in [4.78, 5) is 0. The molecule has 0 radical (unpaired) electrons. The zero-order chi connectivity index (χ0) is 8.91. The molecule has 0 fully saturated rings. The molecule has 1 N–H and O–H groups in total. The fourth-order valence-electron chi connectivity index (χ4n) is 0.421. The first-order chi connectivity index (χ1) is 5.02. The topological polar surface area (TPSA) is 63.6 Å². The minimum Gasteiger partial charge on any atom is -0.367 e. The molecule has 0 saturated carbocycles. The van der Waals surface area contributed by atoms with Crippen LogP contribution in [0.15, 0.2) is 12.7 Å². The van der Waals surface area contributed by atoms with Crippen molar-refractivity contribution < 1.29 is 17.7 Å². The lowest BCUT2D eigenvalue weighted by molar-refractivity contribution is -0.0133. The van der Waals surface area contributed by atoms with Crippen LogP contribution in [0, 0.1) is 0 Å². The Morgan fingerprint density at radius 1 is 1.73 bits per heavy atom. The highest BCUT2D eigenvalue weighted by atomic mass is 32.2. The molecule has 0 rings (SSSR count). The third kappa shape index (κ3) is 4.94. The van der Waals surface area contributed by atoms with E-state index in [0.717, 1.165) is 0 Å². The predicted octanol–water partition coefficient (Wildman–Crippen LogP) is 0.247. The van der Waals surface area contributed by atoms with E-state index in [0.29, 0.717) is 0 Å². The number of aliphatic hydroxyl groups is 1. The maximum Gasteiger partial charge on any atom is 0.273 e. The fourth-order valence-corrected chi connectivity index (χ4v) is 1.26. The van der Waals surface area contributed by atoms with Gasteiger partial charge in [0.05, 0.1) is 5.75 Å². The van der Waals surface area contributed by atoms with Crippen molar-refractivity contribution in [1.82, 2.24) is 0 Å². The lowest BCUT2D eigenvalue weighted by Gasteiger charge is -2.07. The minimum atomic E-state index is -3.61. The number of hydrogen-bond donors (Lipinski definition) is 1. The van der Waals surface area contributed by atoms with Gasteiger partial charge in [-0.1, -0.05) is 13.0 Å². The summed E-state index contributed by atoms with van der Waals surface area (Å²) < 4.78 is 25.8. The minimum absolute atomic E-state index is 0.246. The van der Waals surface area contributed by atoms with Crippen molar-refractivity contribution in [3.8, 4) is 0 Å². The molecule has 0 aliphatic heterocycles. The standard InChI is InChI=1S/C6H12O4S/c1-3-5-11(8,9)10-6(7)4-2/h3,6-7H,1,4-5H2,2H3. The zero-order valence-electron chi connectivity index (χ0n) is 6.36. The van der Waals surface area contributed by atoms with Crippen molar-refractivity contribution >= 4 is 10.1 Å². The maximum atomic E-state index is 10.7. The number of hydrogen-bond acceptors (Lipinski definition) is 4. The molecule has 5 heteroatoms. The van der Waals surface area contributed by atoms with Gasteiger partial charge in [-0.25, -0.2) is 4.18 Å². The van der Waals surface area contributed by atoms with Crippen LogP contribution in [-0.2, 0) is 14.3 Å². The van der Waals surface area contributed by atoms with Crippen molar-refractivity contribution in [3.63, 3.8) is 0 Å². The van der Waals surface area contributed by atoms with Crippen molar-refractivity contribution in [2.45, 2.75) is 19.6 Å². The third-order valence-electron chi connectivity index (χ3n) is 0.929. The average Bonchev–Trinajstić information content (AvgIpc) is 1.86. The first-order valence-corrected chi connectivity index (χ1v) is 4.79. The summed E-state index contributed by atoms with van der Waals surface area (Å²) in [6.07, 6.45) is 0.216. The lowest BCUT2D eigenvalue weighted by atomic mass is 10.5. The Hall–Kier alpha value is -0.390. The summed E-state index contributed by atoms with van der Waals surface area (Å²) in [5, 5.41) is 8.78. The lowest BCUT2D eigenvalue weighted by Crippen LogP contribution is -2.18. The second-order valence-corrected chi connectivity index (χ2v) is 3.61. The largest absolute Gasteiger partial charge is 0.367 e. The van der Waals surface area contributed by atoms with Crippen LogP contribution in [0.4, 0.5) is 0 Å². The van der Waals surface area contributed by atoms with E-state index in [-0.39, 0.29) is 12.2 Å². The second-order valence-electron chi connectivity index (χ2n) is 1.97. The summed E-state index contributed by atoms with van der Waals surface area (Å²) >= 11 is 0.